The Morgan fingerprint density at radius 2 is 1.52 bits per heavy atom. The van der Waals surface area contributed by atoms with Gasteiger partial charge in [0.1, 0.15) is 17.8 Å². The molecule has 0 fully saturated rings. The minimum Gasteiger partial charge on any atom is -0.433 e. The highest BCUT2D eigenvalue weighted by Gasteiger charge is 2.27. The molecule has 0 saturated heterocycles. The molecule has 0 N–H and O–H groups in total. The summed E-state index contributed by atoms with van der Waals surface area (Å²) >= 11 is 6.00. The second-order valence-corrected chi connectivity index (χ2v) is 6.44. The zero-order valence-corrected chi connectivity index (χ0v) is 15.6. The van der Waals surface area contributed by atoms with Gasteiger partial charge in [-0.05, 0) is 67.8 Å². The second kappa shape index (κ2) is 7.59. The first kappa shape index (κ1) is 18.6. The molecule has 1 aromatic heterocycles. The van der Waals surface area contributed by atoms with E-state index in [-0.39, 0.29) is 11.8 Å². The molecule has 0 bridgehead atoms. The normalized spacial score (nSPS) is 10.5. The summed E-state index contributed by atoms with van der Waals surface area (Å²) in [5.41, 5.74) is 2.26. The molecule has 0 unspecified atom stereocenters. The van der Waals surface area contributed by atoms with Crippen molar-refractivity contribution in [3.8, 4) is 23.3 Å². The van der Waals surface area contributed by atoms with Crippen molar-refractivity contribution in [1.82, 2.24) is 9.97 Å². The number of ether oxygens (including phenoxy) is 2. The summed E-state index contributed by atoms with van der Waals surface area (Å²) in [4.78, 5) is 18.8. The summed E-state index contributed by atoms with van der Waals surface area (Å²) in [6, 6.07) is 10.4. The number of aryl methyl sites for hydroxylation is 3. The quantitative estimate of drug-likeness (QED) is 0.422. The van der Waals surface area contributed by atoms with Gasteiger partial charge in [-0.2, -0.15) is 9.97 Å². The molecule has 27 heavy (non-hydrogen) atoms. The van der Waals surface area contributed by atoms with Gasteiger partial charge in [-0.3, -0.25) is 10.1 Å². The largest absolute Gasteiger partial charge is 0.433 e. The van der Waals surface area contributed by atoms with Gasteiger partial charge in [0.2, 0.25) is 0 Å². The molecule has 0 aliphatic heterocycles. The SMILES string of the molecule is Cc1cc(C)cc(Oc2ncnc(Oc3ccc(Cl)c(C)c3)c2[N+](=O)[O-])c1. The molecule has 0 saturated carbocycles. The van der Waals surface area contributed by atoms with E-state index in [4.69, 9.17) is 21.1 Å². The van der Waals surface area contributed by atoms with Gasteiger partial charge in [-0.1, -0.05) is 17.7 Å². The monoisotopic (exact) mass is 385 g/mol. The molecule has 3 rings (SSSR count). The highest BCUT2D eigenvalue weighted by atomic mass is 35.5. The van der Waals surface area contributed by atoms with Gasteiger partial charge < -0.3 is 9.47 Å². The lowest BCUT2D eigenvalue weighted by molar-refractivity contribution is -0.387. The molecule has 0 spiro atoms. The minimum atomic E-state index is -0.629. The van der Waals surface area contributed by atoms with E-state index in [1.807, 2.05) is 19.9 Å². The Kier molecular flexibility index (Phi) is 5.23. The maximum Gasteiger partial charge on any atom is 0.393 e. The van der Waals surface area contributed by atoms with Crippen molar-refractivity contribution in [2.24, 2.45) is 0 Å². The van der Waals surface area contributed by atoms with Crippen LogP contribution in [0.1, 0.15) is 16.7 Å². The van der Waals surface area contributed by atoms with Crippen LogP contribution in [-0.2, 0) is 0 Å². The highest BCUT2D eigenvalue weighted by Crippen LogP contribution is 2.38. The molecule has 1 heterocycles. The third-order valence-electron chi connectivity index (χ3n) is 3.69. The predicted molar refractivity (Wildman–Crippen MR) is 101 cm³/mol. The van der Waals surface area contributed by atoms with E-state index in [0.29, 0.717) is 16.5 Å². The first-order chi connectivity index (χ1) is 12.8. The standard InChI is InChI=1S/C19H16ClN3O4/c1-11-6-12(2)8-15(7-11)27-19-17(23(24)25)18(21-10-22-19)26-14-4-5-16(20)13(3)9-14/h4-10H,1-3H3. The first-order valence-corrected chi connectivity index (χ1v) is 8.41. The summed E-state index contributed by atoms with van der Waals surface area (Å²) < 4.78 is 11.3. The highest BCUT2D eigenvalue weighted by molar-refractivity contribution is 6.31. The van der Waals surface area contributed by atoms with Gasteiger partial charge in [-0.15, -0.1) is 0 Å². The Bertz CT molecular complexity index is 1000. The van der Waals surface area contributed by atoms with E-state index in [1.165, 1.54) is 0 Å². The van der Waals surface area contributed by atoms with Gasteiger partial charge >= 0.3 is 17.4 Å². The van der Waals surface area contributed by atoms with Crippen LogP contribution in [0.4, 0.5) is 5.69 Å². The lowest BCUT2D eigenvalue weighted by atomic mass is 10.1. The summed E-state index contributed by atoms with van der Waals surface area (Å²) in [5, 5.41) is 12.2. The van der Waals surface area contributed by atoms with E-state index in [9.17, 15) is 10.1 Å². The summed E-state index contributed by atoms with van der Waals surface area (Å²) in [6.45, 7) is 5.62. The molecule has 2 aromatic carbocycles. The van der Waals surface area contributed by atoms with Crippen molar-refractivity contribution in [2.45, 2.75) is 20.8 Å². The third-order valence-corrected chi connectivity index (χ3v) is 4.12. The van der Waals surface area contributed by atoms with Crippen molar-refractivity contribution < 1.29 is 14.4 Å². The maximum atomic E-state index is 11.6. The van der Waals surface area contributed by atoms with Crippen LogP contribution in [0.25, 0.3) is 0 Å². The van der Waals surface area contributed by atoms with Crippen molar-refractivity contribution in [2.75, 3.05) is 0 Å². The van der Waals surface area contributed by atoms with Crippen LogP contribution >= 0.6 is 11.6 Å². The number of nitrogens with zero attached hydrogens (tertiary/aromatic N) is 3. The van der Waals surface area contributed by atoms with Gasteiger partial charge in [0.15, 0.2) is 0 Å². The third kappa shape index (κ3) is 4.32. The summed E-state index contributed by atoms with van der Waals surface area (Å²) in [6.07, 6.45) is 1.16. The van der Waals surface area contributed by atoms with Crippen LogP contribution < -0.4 is 9.47 Å². The van der Waals surface area contributed by atoms with Crippen LogP contribution in [0.15, 0.2) is 42.7 Å². The van der Waals surface area contributed by atoms with Gasteiger partial charge in [-0.25, -0.2) is 0 Å². The first-order valence-electron chi connectivity index (χ1n) is 8.03. The Hall–Kier alpha value is -3.19. The number of hydrogen-bond acceptors (Lipinski definition) is 6. The van der Waals surface area contributed by atoms with Crippen molar-refractivity contribution in [1.29, 1.82) is 0 Å². The maximum absolute atomic E-state index is 11.6. The zero-order valence-electron chi connectivity index (χ0n) is 14.9. The molecule has 138 valence electrons. The van der Waals surface area contributed by atoms with Crippen LogP contribution in [-0.4, -0.2) is 14.9 Å². The minimum absolute atomic E-state index is 0.194. The molecule has 0 atom stereocenters. The fourth-order valence-corrected chi connectivity index (χ4v) is 2.67. The van der Waals surface area contributed by atoms with Crippen molar-refractivity contribution >= 4 is 17.3 Å². The van der Waals surface area contributed by atoms with Gasteiger partial charge in [0, 0.05) is 5.02 Å². The molecule has 7 nitrogen and oxygen atoms in total. The number of aromatic nitrogens is 2. The van der Waals surface area contributed by atoms with Crippen molar-refractivity contribution in [3.63, 3.8) is 0 Å². The molecule has 0 radical (unpaired) electrons. The van der Waals surface area contributed by atoms with Gasteiger partial charge in [0.25, 0.3) is 0 Å². The molecule has 0 amide bonds. The Balaban J connectivity index is 1.99. The zero-order chi connectivity index (χ0) is 19.6. The fraction of sp³-hybridized carbons (Fsp3) is 0.158. The predicted octanol–water partition coefficient (Wildman–Crippen LogP) is 5.55. The lowest BCUT2D eigenvalue weighted by Crippen LogP contribution is -2.01. The Labute approximate surface area is 160 Å². The Morgan fingerprint density at radius 1 is 0.926 bits per heavy atom. The Morgan fingerprint density at radius 3 is 2.07 bits per heavy atom. The molecular weight excluding hydrogens is 370 g/mol. The van der Waals surface area contributed by atoms with E-state index in [0.717, 1.165) is 23.0 Å². The van der Waals surface area contributed by atoms with Crippen LogP contribution in [0.5, 0.6) is 23.3 Å². The van der Waals surface area contributed by atoms with Crippen LogP contribution in [0.2, 0.25) is 5.02 Å². The van der Waals surface area contributed by atoms with E-state index in [1.54, 1.807) is 37.3 Å². The molecule has 3 aromatic rings. The molecule has 0 aliphatic rings. The fourth-order valence-electron chi connectivity index (χ4n) is 2.55. The molecule has 0 aliphatic carbocycles. The average molecular weight is 386 g/mol. The average Bonchev–Trinajstić information content (AvgIpc) is 2.57. The van der Waals surface area contributed by atoms with Crippen molar-refractivity contribution in [3.05, 3.63) is 74.6 Å². The summed E-state index contributed by atoms with van der Waals surface area (Å²) in [7, 11) is 0. The number of nitro groups is 1. The van der Waals surface area contributed by atoms with Gasteiger partial charge in [0.05, 0.1) is 4.92 Å². The number of rotatable bonds is 5. The summed E-state index contributed by atoms with van der Waals surface area (Å²) in [5.74, 6) is 0.412. The number of hydrogen-bond donors (Lipinski definition) is 0. The van der Waals surface area contributed by atoms with Crippen LogP contribution in [0.3, 0.4) is 0 Å². The second-order valence-electron chi connectivity index (χ2n) is 6.03. The number of benzene rings is 2. The van der Waals surface area contributed by atoms with Crippen LogP contribution in [0, 0.1) is 30.9 Å². The number of halogens is 1. The lowest BCUT2D eigenvalue weighted by Gasteiger charge is -2.10. The topological polar surface area (TPSA) is 87.4 Å². The van der Waals surface area contributed by atoms with E-state index < -0.39 is 10.6 Å². The molecule has 8 heteroatoms. The van der Waals surface area contributed by atoms with E-state index >= 15 is 0 Å². The smallest absolute Gasteiger partial charge is 0.393 e. The van der Waals surface area contributed by atoms with E-state index in [2.05, 4.69) is 9.97 Å². The molecular formula is C19H16ClN3O4.